The number of carbonyl (C=O) groups excluding carboxylic acids is 2. The monoisotopic (exact) mass is 338 g/mol. The minimum absolute atomic E-state index is 0.312. The van der Waals surface area contributed by atoms with E-state index in [0.29, 0.717) is 11.0 Å². The SMILES string of the molecule is CCCCN(C#CCI)C(=O)OC(=O)CN. The molecule has 0 aliphatic carbocycles. The fraction of sp³-hybridized carbons (Fsp3) is 0.600. The Hall–Kier alpha value is -0.810. The van der Waals surface area contributed by atoms with Crippen molar-refractivity contribution < 1.29 is 14.3 Å². The highest BCUT2D eigenvalue weighted by molar-refractivity contribution is 14.1. The predicted octanol–water partition coefficient (Wildman–Crippen LogP) is 1.11. The fourth-order valence-corrected chi connectivity index (χ4v) is 0.999. The fourth-order valence-electron chi connectivity index (χ4n) is 0.829. The molecule has 0 spiro atoms. The van der Waals surface area contributed by atoms with E-state index >= 15 is 0 Å². The van der Waals surface area contributed by atoms with Gasteiger partial charge in [-0.05, 0) is 6.42 Å². The molecule has 16 heavy (non-hydrogen) atoms. The Morgan fingerprint density at radius 2 is 2.19 bits per heavy atom. The molecule has 0 radical (unpaired) electrons. The molecule has 1 amide bonds. The molecular formula is C10H15IN2O3. The van der Waals surface area contributed by atoms with E-state index in [9.17, 15) is 9.59 Å². The van der Waals surface area contributed by atoms with Gasteiger partial charge in [-0.2, -0.15) is 0 Å². The van der Waals surface area contributed by atoms with Gasteiger partial charge in [0.05, 0.1) is 11.0 Å². The Kier molecular flexibility index (Phi) is 8.94. The Labute approximate surface area is 109 Å². The van der Waals surface area contributed by atoms with Crippen molar-refractivity contribution in [2.45, 2.75) is 19.8 Å². The summed E-state index contributed by atoms with van der Waals surface area (Å²) in [5, 5.41) is 0. The van der Waals surface area contributed by atoms with Gasteiger partial charge in [0.25, 0.3) is 0 Å². The molecule has 0 saturated carbocycles. The smallest absolute Gasteiger partial charge is 0.374 e. The average Bonchev–Trinajstić information content (AvgIpc) is 2.28. The van der Waals surface area contributed by atoms with Gasteiger partial charge in [-0.3, -0.25) is 4.79 Å². The van der Waals surface area contributed by atoms with Crippen molar-refractivity contribution in [2.24, 2.45) is 5.73 Å². The first-order valence-corrected chi connectivity index (χ1v) is 6.45. The topological polar surface area (TPSA) is 72.6 Å². The first-order chi connectivity index (χ1) is 7.65. The van der Waals surface area contributed by atoms with Gasteiger partial charge in [0.15, 0.2) is 0 Å². The van der Waals surface area contributed by atoms with Crippen molar-refractivity contribution in [3.05, 3.63) is 0 Å². The highest BCUT2D eigenvalue weighted by Gasteiger charge is 2.15. The van der Waals surface area contributed by atoms with Crippen molar-refractivity contribution >= 4 is 34.7 Å². The van der Waals surface area contributed by atoms with E-state index in [1.165, 1.54) is 4.90 Å². The van der Waals surface area contributed by atoms with Crippen molar-refractivity contribution in [1.29, 1.82) is 0 Å². The van der Waals surface area contributed by atoms with Crippen LogP contribution in [0.1, 0.15) is 19.8 Å². The number of amides is 1. The molecule has 0 aromatic carbocycles. The van der Waals surface area contributed by atoms with E-state index in [1.54, 1.807) is 0 Å². The number of halogens is 1. The molecule has 5 nitrogen and oxygen atoms in total. The number of ether oxygens (including phenoxy) is 1. The minimum atomic E-state index is -0.749. The molecule has 0 aromatic heterocycles. The third-order valence-electron chi connectivity index (χ3n) is 1.60. The molecule has 0 heterocycles. The molecule has 0 aliphatic heterocycles. The normalized spacial score (nSPS) is 8.94. The molecule has 0 aliphatic rings. The lowest BCUT2D eigenvalue weighted by Crippen LogP contribution is -2.32. The summed E-state index contributed by atoms with van der Waals surface area (Å²) in [6.45, 7) is 2.14. The number of nitrogens with zero attached hydrogens (tertiary/aromatic N) is 1. The van der Waals surface area contributed by atoms with Gasteiger partial charge < -0.3 is 10.5 Å². The number of hydrogen-bond donors (Lipinski definition) is 1. The molecule has 0 bridgehead atoms. The summed E-state index contributed by atoms with van der Waals surface area (Å²) in [7, 11) is 0. The summed E-state index contributed by atoms with van der Waals surface area (Å²) >= 11 is 2.08. The Bertz CT molecular complexity index is 296. The van der Waals surface area contributed by atoms with Crippen LogP contribution in [0, 0.1) is 12.0 Å². The van der Waals surface area contributed by atoms with Crippen LogP contribution < -0.4 is 5.73 Å². The summed E-state index contributed by atoms with van der Waals surface area (Å²) < 4.78 is 5.08. The van der Waals surface area contributed by atoms with Crippen LogP contribution in [-0.2, 0) is 9.53 Å². The number of hydrogen-bond acceptors (Lipinski definition) is 4. The Morgan fingerprint density at radius 1 is 1.50 bits per heavy atom. The average molecular weight is 338 g/mol. The first-order valence-electron chi connectivity index (χ1n) is 4.92. The van der Waals surface area contributed by atoms with E-state index in [2.05, 4.69) is 39.3 Å². The maximum Gasteiger partial charge on any atom is 0.429 e. The molecule has 90 valence electrons. The number of rotatable bonds is 4. The lowest BCUT2D eigenvalue weighted by molar-refractivity contribution is -0.136. The largest absolute Gasteiger partial charge is 0.429 e. The summed E-state index contributed by atoms with van der Waals surface area (Å²) in [5.41, 5.74) is 5.04. The zero-order valence-electron chi connectivity index (χ0n) is 9.16. The number of unbranched alkanes of at least 4 members (excludes halogenated alkanes) is 1. The molecule has 0 aromatic rings. The second-order valence-corrected chi connectivity index (χ2v) is 3.63. The van der Waals surface area contributed by atoms with Crippen molar-refractivity contribution in [2.75, 3.05) is 17.5 Å². The van der Waals surface area contributed by atoms with E-state index in [0.717, 1.165) is 12.8 Å². The quantitative estimate of drug-likeness (QED) is 0.208. The van der Waals surface area contributed by atoms with Gasteiger partial charge in [0, 0.05) is 12.6 Å². The molecule has 6 heteroatoms. The number of alkyl halides is 1. The van der Waals surface area contributed by atoms with Crippen LogP contribution in [0.3, 0.4) is 0 Å². The van der Waals surface area contributed by atoms with Crippen molar-refractivity contribution in [3.8, 4) is 12.0 Å². The summed E-state index contributed by atoms with van der Waals surface area (Å²) in [6, 6.07) is 2.64. The molecule has 0 rings (SSSR count). The molecular weight excluding hydrogens is 323 g/mol. The number of esters is 1. The third-order valence-corrected chi connectivity index (χ3v) is 1.99. The van der Waals surface area contributed by atoms with E-state index in [-0.39, 0.29) is 6.54 Å². The maximum absolute atomic E-state index is 11.4. The van der Waals surface area contributed by atoms with E-state index < -0.39 is 12.1 Å². The van der Waals surface area contributed by atoms with Crippen LogP contribution in [-0.4, -0.2) is 34.5 Å². The van der Waals surface area contributed by atoms with Crippen molar-refractivity contribution in [1.82, 2.24) is 4.90 Å². The third kappa shape index (κ3) is 6.63. The molecule has 0 fully saturated rings. The zero-order chi connectivity index (χ0) is 12.4. The lowest BCUT2D eigenvalue weighted by atomic mass is 10.3. The molecule has 0 atom stereocenters. The standard InChI is InChI=1S/C10H15IN2O3/c1-2-3-6-13(7-4-5-11)10(15)16-9(14)8-12/h2-3,5-6,8,12H2,1H3. The van der Waals surface area contributed by atoms with Crippen molar-refractivity contribution in [3.63, 3.8) is 0 Å². The Balaban J connectivity index is 4.37. The van der Waals surface area contributed by atoms with Gasteiger partial charge >= 0.3 is 12.1 Å². The van der Waals surface area contributed by atoms with Gasteiger partial charge in [0.2, 0.25) is 0 Å². The van der Waals surface area contributed by atoms with Crippen LogP contribution in [0.2, 0.25) is 0 Å². The predicted molar refractivity (Wildman–Crippen MR) is 68.8 cm³/mol. The first kappa shape index (κ1) is 15.2. The second kappa shape index (κ2) is 9.42. The maximum atomic E-state index is 11.4. The van der Waals surface area contributed by atoms with Crippen LogP contribution in [0.15, 0.2) is 0 Å². The van der Waals surface area contributed by atoms with Gasteiger partial charge in [-0.15, -0.1) is 0 Å². The molecule has 2 N–H and O–H groups in total. The van der Waals surface area contributed by atoms with Gasteiger partial charge in [0.1, 0.15) is 0 Å². The lowest BCUT2D eigenvalue weighted by Gasteiger charge is -2.13. The van der Waals surface area contributed by atoms with E-state index in [4.69, 9.17) is 5.73 Å². The van der Waals surface area contributed by atoms with Crippen LogP contribution in [0.25, 0.3) is 0 Å². The van der Waals surface area contributed by atoms with Crippen LogP contribution in [0.5, 0.6) is 0 Å². The highest BCUT2D eigenvalue weighted by atomic mass is 127. The summed E-state index contributed by atoms with van der Waals surface area (Å²) in [4.78, 5) is 23.5. The highest BCUT2D eigenvalue weighted by Crippen LogP contribution is 1.97. The zero-order valence-corrected chi connectivity index (χ0v) is 11.3. The number of nitrogens with two attached hydrogens (primary N) is 1. The summed E-state index contributed by atoms with van der Waals surface area (Å²) in [6.07, 6.45) is 0.990. The Morgan fingerprint density at radius 3 is 2.69 bits per heavy atom. The van der Waals surface area contributed by atoms with E-state index in [1.807, 2.05) is 6.92 Å². The van der Waals surface area contributed by atoms with Crippen LogP contribution >= 0.6 is 22.6 Å². The minimum Gasteiger partial charge on any atom is -0.374 e. The van der Waals surface area contributed by atoms with Gasteiger partial charge in [-0.1, -0.05) is 41.9 Å². The second-order valence-electron chi connectivity index (χ2n) is 2.87. The number of carbonyl (C=O) groups is 2. The van der Waals surface area contributed by atoms with Gasteiger partial charge in [-0.25, -0.2) is 9.69 Å². The molecule has 0 unspecified atom stereocenters. The summed E-state index contributed by atoms with van der Waals surface area (Å²) in [5.74, 6) is 2.00. The van der Waals surface area contributed by atoms with Crippen LogP contribution in [0.4, 0.5) is 4.79 Å². The molecule has 0 saturated heterocycles.